The van der Waals surface area contributed by atoms with E-state index in [1.807, 2.05) is 0 Å². The van der Waals surface area contributed by atoms with Crippen molar-refractivity contribution in [2.45, 2.75) is 50.7 Å². The Labute approximate surface area is 148 Å². The zero-order valence-corrected chi connectivity index (χ0v) is 14.0. The number of carbonyl (C=O) groups is 1. The van der Waals surface area contributed by atoms with E-state index in [2.05, 4.69) is 20.4 Å². The number of rotatable bonds is 5. The van der Waals surface area contributed by atoms with Crippen LogP contribution >= 0.6 is 0 Å². The molecular weight excluding hydrogens is 349 g/mol. The van der Waals surface area contributed by atoms with Gasteiger partial charge >= 0.3 is 6.18 Å². The molecule has 140 valence electrons. The lowest BCUT2D eigenvalue weighted by Crippen LogP contribution is -2.41. The molecule has 0 saturated heterocycles. The molecule has 9 heteroatoms. The first kappa shape index (κ1) is 18.3. The van der Waals surface area contributed by atoms with Crippen LogP contribution in [0.15, 0.2) is 28.9 Å². The van der Waals surface area contributed by atoms with Gasteiger partial charge in [-0.3, -0.25) is 9.78 Å². The zero-order chi connectivity index (χ0) is 18.6. The van der Waals surface area contributed by atoms with E-state index in [0.29, 0.717) is 24.4 Å². The van der Waals surface area contributed by atoms with Crippen molar-refractivity contribution in [3.63, 3.8) is 0 Å². The van der Waals surface area contributed by atoms with E-state index in [4.69, 9.17) is 4.52 Å². The fourth-order valence-electron chi connectivity index (χ4n) is 3.09. The highest BCUT2D eigenvalue weighted by Gasteiger charge is 2.42. The Hall–Kier alpha value is -2.45. The standard InChI is InChI=1S/C17H19F3N4O2/c18-17(19,20)11-4-3-5-12(10-11)22-14(25)7-8-15-23-16(24-26-15)13-6-1-2-9-21-13/h1-2,6,9,11-12H,3-5,7-8,10H2,(H,22,25). The summed E-state index contributed by atoms with van der Waals surface area (Å²) in [5.41, 5.74) is 0.562. The van der Waals surface area contributed by atoms with Crippen LogP contribution in [0.1, 0.15) is 38.0 Å². The number of amides is 1. The number of pyridine rings is 1. The molecule has 0 bridgehead atoms. The van der Waals surface area contributed by atoms with Crippen molar-refractivity contribution in [1.82, 2.24) is 20.4 Å². The van der Waals surface area contributed by atoms with E-state index in [0.717, 1.165) is 0 Å². The van der Waals surface area contributed by atoms with Gasteiger partial charge in [0.25, 0.3) is 0 Å². The predicted molar refractivity (Wildman–Crippen MR) is 85.8 cm³/mol. The van der Waals surface area contributed by atoms with E-state index in [1.165, 1.54) is 0 Å². The number of aromatic nitrogens is 3. The summed E-state index contributed by atoms with van der Waals surface area (Å²) < 4.78 is 43.5. The third kappa shape index (κ3) is 4.80. The molecule has 1 saturated carbocycles. The van der Waals surface area contributed by atoms with Crippen molar-refractivity contribution in [2.24, 2.45) is 5.92 Å². The number of halogens is 3. The fraction of sp³-hybridized carbons (Fsp3) is 0.529. The van der Waals surface area contributed by atoms with Gasteiger partial charge in [0.2, 0.25) is 17.6 Å². The lowest BCUT2D eigenvalue weighted by molar-refractivity contribution is -0.184. The van der Waals surface area contributed by atoms with Crippen LogP contribution in [0.2, 0.25) is 0 Å². The van der Waals surface area contributed by atoms with Gasteiger partial charge in [0.05, 0.1) is 5.92 Å². The summed E-state index contributed by atoms with van der Waals surface area (Å²) in [4.78, 5) is 20.3. The van der Waals surface area contributed by atoms with Gasteiger partial charge in [-0.15, -0.1) is 0 Å². The summed E-state index contributed by atoms with van der Waals surface area (Å²) in [5.74, 6) is -1.02. The molecule has 1 fully saturated rings. The normalized spacial score (nSPS) is 20.7. The first-order chi connectivity index (χ1) is 12.4. The summed E-state index contributed by atoms with van der Waals surface area (Å²) in [6.07, 6.45) is -1.17. The molecule has 26 heavy (non-hydrogen) atoms. The summed E-state index contributed by atoms with van der Waals surface area (Å²) in [6.45, 7) is 0. The largest absolute Gasteiger partial charge is 0.391 e. The number of alkyl halides is 3. The maximum absolute atomic E-state index is 12.8. The minimum atomic E-state index is -4.20. The molecule has 1 N–H and O–H groups in total. The van der Waals surface area contributed by atoms with Crippen LogP contribution in [-0.2, 0) is 11.2 Å². The van der Waals surface area contributed by atoms with Crippen LogP contribution in [0.4, 0.5) is 13.2 Å². The quantitative estimate of drug-likeness (QED) is 0.876. The highest BCUT2D eigenvalue weighted by molar-refractivity contribution is 5.76. The van der Waals surface area contributed by atoms with E-state index < -0.39 is 18.1 Å². The topological polar surface area (TPSA) is 80.9 Å². The molecule has 2 atom stereocenters. The maximum Gasteiger partial charge on any atom is 0.391 e. The van der Waals surface area contributed by atoms with Gasteiger partial charge in [-0.25, -0.2) is 0 Å². The van der Waals surface area contributed by atoms with Gasteiger partial charge in [-0.2, -0.15) is 18.2 Å². The first-order valence-electron chi connectivity index (χ1n) is 8.52. The molecule has 2 unspecified atom stereocenters. The summed E-state index contributed by atoms with van der Waals surface area (Å²) >= 11 is 0. The average Bonchev–Trinajstić information content (AvgIpc) is 3.09. The summed E-state index contributed by atoms with van der Waals surface area (Å²) in [5, 5.41) is 6.50. The molecule has 1 aliphatic carbocycles. The average molecular weight is 368 g/mol. The third-order valence-electron chi connectivity index (χ3n) is 4.43. The predicted octanol–water partition coefficient (Wildman–Crippen LogP) is 3.30. The maximum atomic E-state index is 12.8. The second-order valence-electron chi connectivity index (χ2n) is 6.40. The van der Waals surface area contributed by atoms with Gasteiger partial charge in [-0.1, -0.05) is 17.6 Å². The third-order valence-corrected chi connectivity index (χ3v) is 4.43. The minimum absolute atomic E-state index is 0.0559. The molecule has 2 heterocycles. The van der Waals surface area contributed by atoms with Gasteiger partial charge in [0.15, 0.2) is 0 Å². The van der Waals surface area contributed by atoms with E-state index in [1.54, 1.807) is 24.4 Å². The molecule has 2 aromatic rings. The number of carbonyl (C=O) groups excluding carboxylic acids is 1. The van der Waals surface area contributed by atoms with E-state index in [-0.39, 0.29) is 37.5 Å². The second kappa shape index (κ2) is 7.84. The Balaban J connectivity index is 1.48. The molecule has 3 rings (SSSR count). The number of nitrogens with zero attached hydrogens (tertiary/aromatic N) is 3. The van der Waals surface area contributed by atoms with Crippen molar-refractivity contribution >= 4 is 5.91 Å². The smallest absolute Gasteiger partial charge is 0.353 e. The Morgan fingerprint density at radius 3 is 2.88 bits per heavy atom. The van der Waals surface area contributed by atoms with Crippen molar-refractivity contribution in [2.75, 3.05) is 0 Å². The summed E-state index contributed by atoms with van der Waals surface area (Å²) in [6, 6.07) is 4.87. The number of aryl methyl sites for hydroxylation is 1. The molecule has 6 nitrogen and oxygen atoms in total. The highest BCUT2D eigenvalue weighted by atomic mass is 19.4. The van der Waals surface area contributed by atoms with Crippen molar-refractivity contribution in [3.8, 4) is 11.5 Å². The first-order valence-corrected chi connectivity index (χ1v) is 8.52. The molecule has 0 spiro atoms. The molecule has 1 aliphatic rings. The molecule has 0 aromatic carbocycles. The molecular formula is C17H19F3N4O2. The van der Waals surface area contributed by atoms with Crippen LogP contribution in [0.5, 0.6) is 0 Å². The molecule has 1 amide bonds. The Bertz CT molecular complexity index is 733. The van der Waals surface area contributed by atoms with Crippen LogP contribution in [0.3, 0.4) is 0 Å². The molecule has 0 aliphatic heterocycles. The van der Waals surface area contributed by atoms with Crippen LogP contribution in [0.25, 0.3) is 11.5 Å². The highest BCUT2D eigenvalue weighted by Crippen LogP contribution is 2.37. The monoisotopic (exact) mass is 368 g/mol. The Kier molecular flexibility index (Phi) is 5.53. The van der Waals surface area contributed by atoms with Gasteiger partial charge < -0.3 is 9.84 Å². The number of nitrogens with one attached hydrogen (secondary N) is 1. The van der Waals surface area contributed by atoms with Gasteiger partial charge in [0, 0.05) is 25.1 Å². The van der Waals surface area contributed by atoms with Crippen LogP contribution in [-0.4, -0.2) is 33.2 Å². The van der Waals surface area contributed by atoms with Gasteiger partial charge in [-0.05, 0) is 31.4 Å². The van der Waals surface area contributed by atoms with Crippen molar-refractivity contribution in [1.29, 1.82) is 0 Å². The zero-order valence-electron chi connectivity index (χ0n) is 14.0. The van der Waals surface area contributed by atoms with Crippen molar-refractivity contribution in [3.05, 3.63) is 30.3 Å². The van der Waals surface area contributed by atoms with Gasteiger partial charge in [0.1, 0.15) is 5.69 Å². The Morgan fingerprint density at radius 1 is 1.31 bits per heavy atom. The molecule has 2 aromatic heterocycles. The molecule has 0 radical (unpaired) electrons. The minimum Gasteiger partial charge on any atom is -0.353 e. The van der Waals surface area contributed by atoms with Crippen molar-refractivity contribution < 1.29 is 22.5 Å². The Morgan fingerprint density at radius 2 is 2.15 bits per heavy atom. The van der Waals surface area contributed by atoms with E-state index in [9.17, 15) is 18.0 Å². The van der Waals surface area contributed by atoms with E-state index >= 15 is 0 Å². The SMILES string of the molecule is O=C(CCc1nc(-c2ccccn2)no1)NC1CCCC(C(F)(F)F)C1. The lowest BCUT2D eigenvalue weighted by Gasteiger charge is -2.31. The lowest BCUT2D eigenvalue weighted by atomic mass is 9.85. The number of hydrogen-bond acceptors (Lipinski definition) is 5. The number of hydrogen-bond donors (Lipinski definition) is 1. The van der Waals surface area contributed by atoms with Crippen LogP contribution in [0, 0.1) is 5.92 Å². The fourth-order valence-corrected chi connectivity index (χ4v) is 3.09. The van der Waals surface area contributed by atoms with Crippen LogP contribution < -0.4 is 5.32 Å². The second-order valence-corrected chi connectivity index (χ2v) is 6.40. The summed E-state index contributed by atoms with van der Waals surface area (Å²) in [7, 11) is 0.